The predicted molar refractivity (Wildman–Crippen MR) is 73.3 cm³/mol. The zero-order valence-electron chi connectivity index (χ0n) is 11.4. The Morgan fingerprint density at radius 2 is 2.32 bits per heavy atom. The van der Waals surface area contributed by atoms with Crippen LogP contribution in [0.15, 0.2) is 18.2 Å². The average Bonchev–Trinajstić information content (AvgIpc) is 2.62. The number of methoxy groups -OCH3 is 1. The second kappa shape index (κ2) is 5.93. The molecule has 1 aliphatic heterocycles. The van der Waals surface area contributed by atoms with E-state index in [0.717, 1.165) is 6.42 Å². The van der Waals surface area contributed by atoms with Crippen molar-refractivity contribution in [1.82, 2.24) is 4.90 Å². The van der Waals surface area contributed by atoms with Crippen LogP contribution in [0, 0.1) is 0 Å². The highest BCUT2D eigenvalue weighted by Crippen LogP contribution is 2.23. The Balaban J connectivity index is 2.23. The summed E-state index contributed by atoms with van der Waals surface area (Å²) in [7, 11) is 1.54. The van der Waals surface area contributed by atoms with E-state index in [4.69, 9.17) is 15.2 Å². The zero-order valence-corrected chi connectivity index (χ0v) is 11.4. The van der Waals surface area contributed by atoms with Crippen LogP contribution >= 0.6 is 0 Å². The van der Waals surface area contributed by atoms with Gasteiger partial charge in [0.25, 0.3) is 5.91 Å². The Hall–Kier alpha value is -1.75. The number of hydrogen-bond acceptors (Lipinski definition) is 4. The lowest BCUT2D eigenvalue weighted by molar-refractivity contribution is 0.0561. The average molecular weight is 264 g/mol. The van der Waals surface area contributed by atoms with Gasteiger partial charge in [-0.3, -0.25) is 4.79 Å². The minimum atomic E-state index is -0.0331. The molecule has 0 bridgehead atoms. The molecule has 1 saturated heterocycles. The smallest absolute Gasteiger partial charge is 0.257 e. The molecule has 1 aromatic rings. The highest BCUT2D eigenvalue weighted by atomic mass is 16.5. The van der Waals surface area contributed by atoms with E-state index in [0.29, 0.717) is 36.7 Å². The van der Waals surface area contributed by atoms with Crippen molar-refractivity contribution in [3.8, 4) is 5.75 Å². The van der Waals surface area contributed by atoms with Gasteiger partial charge in [0, 0.05) is 31.5 Å². The first-order valence-corrected chi connectivity index (χ1v) is 6.46. The van der Waals surface area contributed by atoms with Gasteiger partial charge in [-0.25, -0.2) is 0 Å². The maximum atomic E-state index is 12.5. The summed E-state index contributed by atoms with van der Waals surface area (Å²) in [6.45, 7) is 3.98. The van der Waals surface area contributed by atoms with Crippen molar-refractivity contribution in [2.75, 3.05) is 32.5 Å². The van der Waals surface area contributed by atoms with E-state index < -0.39 is 0 Å². The van der Waals surface area contributed by atoms with E-state index in [-0.39, 0.29) is 12.0 Å². The molecule has 0 aromatic heterocycles. The van der Waals surface area contributed by atoms with Gasteiger partial charge in [0.05, 0.1) is 18.8 Å². The molecule has 1 aromatic carbocycles. The van der Waals surface area contributed by atoms with Crippen molar-refractivity contribution < 1.29 is 14.3 Å². The van der Waals surface area contributed by atoms with E-state index in [2.05, 4.69) is 0 Å². The number of carbonyl (C=O) groups excluding carboxylic acids is 1. The standard InChI is InChI=1S/C14H20N2O3/c1-10-9-16(6-3-7-19-10)14(17)12-5-4-11(15)8-13(12)18-2/h4-5,8,10H,3,6-7,9,15H2,1-2H3. The number of nitrogens with two attached hydrogens (primary N) is 1. The lowest BCUT2D eigenvalue weighted by Gasteiger charge is -2.23. The Kier molecular flexibility index (Phi) is 4.27. The van der Waals surface area contributed by atoms with Crippen LogP contribution < -0.4 is 10.5 Å². The van der Waals surface area contributed by atoms with Gasteiger partial charge in [-0.05, 0) is 25.5 Å². The molecule has 1 amide bonds. The molecule has 0 radical (unpaired) electrons. The maximum Gasteiger partial charge on any atom is 0.257 e. The van der Waals surface area contributed by atoms with E-state index in [1.54, 1.807) is 25.3 Å². The van der Waals surface area contributed by atoms with Crippen LogP contribution in [0.3, 0.4) is 0 Å². The van der Waals surface area contributed by atoms with Crippen LogP contribution in [0.2, 0.25) is 0 Å². The van der Waals surface area contributed by atoms with Crippen LogP contribution in [0.4, 0.5) is 5.69 Å². The first-order chi connectivity index (χ1) is 9.11. The molecule has 5 nitrogen and oxygen atoms in total. The second-order valence-corrected chi connectivity index (χ2v) is 4.75. The Labute approximate surface area is 113 Å². The van der Waals surface area contributed by atoms with Gasteiger partial charge in [-0.1, -0.05) is 0 Å². The fourth-order valence-corrected chi connectivity index (χ4v) is 2.23. The van der Waals surface area contributed by atoms with Crippen molar-refractivity contribution in [3.63, 3.8) is 0 Å². The molecule has 2 rings (SSSR count). The molecule has 104 valence electrons. The third kappa shape index (κ3) is 3.17. The minimum absolute atomic E-state index is 0.0331. The third-order valence-electron chi connectivity index (χ3n) is 3.20. The molecule has 1 aliphatic rings. The topological polar surface area (TPSA) is 64.8 Å². The number of rotatable bonds is 2. The van der Waals surface area contributed by atoms with Gasteiger partial charge in [0.2, 0.25) is 0 Å². The van der Waals surface area contributed by atoms with Crippen molar-refractivity contribution in [2.24, 2.45) is 0 Å². The summed E-state index contributed by atoms with van der Waals surface area (Å²) in [5, 5.41) is 0. The van der Waals surface area contributed by atoms with Gasteiger partial charge in [-0.15, -0.1) is 0 Å². The molecule has 19 heavy (non-hydrogen) atoms. The van der Waals surface area contributed by atoms with E-state index >= 15 is 0 Å². The number of anilines is 1. The molecule has 1 fully saturated rings. The molecular weight excluding hydrogens is 244 g/mol. The normalized spacial score (nSPS) is 19.9. The first kappa shape index (κ1) is 13.7. The van der Waals surface area contributed by atoms with Crippen LogP contribution in [-0.4, -0.2) is 43.7 Å². The summed E-state index contributed by atoms with van der Waals surface area (Å²) < 4.78 is 10.8. The van der Waals surface area contributed by atoms with Gasteiger partial charge in [0.1, 0.15) is 5.75 Å². The van der Waals surface area contributed by atoms with Crippen LogP contribution in [-0.2, 0) is 4.74 Å². The Bertz CT molecular complexity index is 462. The highest BCUT2D eigenvalue weighted by Gasteiger charge is 2.23. The SMILES string of the molecule is COc1cc(N)ccc1C(=O)N1CCCOC(C)C1. The van der Waals surface area contributed by atoms with Crippen LogP contribution in [0.25, 0.3) is 0 Å². The lowest BCUT2D eigenvalue weighted by Crippen LogP contribution is -2.36. The molecule has 1 unspecified atom stereocenters. The lowest BCUT2D eigenvalue weighted by atomic mass is 10.1. The molecule has 5 heteroatoms. The van der Waals surface area contributed by atoms with Gasteiger partial charge >= 0.3 is 0 Å². The fraction of sp³-hybridized carbons (Fsp3) is 0.500. The number of carbonyl (C=O) groups is 1. The Morgan fingerprint density at radius 3 is 3.05 bits per heavy atom. The summed E-state index contributed by atoms with van der Waals surface area (Å²) in [6, 6.07) is 5.10. The molecular formula is C14H20N2O3. The van der Waals surface area contributed by atoms with Gasteiger partial charge in [0.15, 0.2) is 0 Å². The van der Waals surface area contributed by atoms with Crippen molar-refractivity contribution in [1.29, 1.82) is 0 Å². The number of nitrogens with zero attached hydrogens (tertiary/aromatic N) is 1. The molecule has 0 spiro atoms. The van der Waals surface area contributed by atoms with Gasteiger partial charge in [-0.2, -0.15) is 0 Å². The van der Waals surface area contributed by atoms with Crippen LogP contribution in [0.1, 0.15) is 23.7 Å². The molecule has 0 saturated carbocycles. The van der Waals surface area contributed by atoms with Crippen LogP contribution in [0.5, 0.6) is 5.75 Å². The molecule has 2 N–H and O–H groups in total. The number of hydrogen-bond donors (Lipinski definition) is 1. The van der Waals surface area contributed by atoms with Crippen molar-refractivity contribution >= 4 is 11.6 Å². The number of amides is 1. The highest BCUT2D eigenvalue weighted by molar-refractivity contribution is 5.97. The summed E-state index contributed by atoms with van der Waals surface area (Å²) >= 11 is 0. The van der Waals surface area contributed by atoms with E-state index in [1.807, 2.05) is 11.8 Å². The molecule has 1 heterocycles. The number of ether oxygens (including phenoxy) is 2. The van der Waals surface area contributed by atoms with Crippen molar-refractivity contribution in [2.45, 2.75) is 19.4 Å². The summed E-state index contributed by atoms with van der Waals surface area (Å²) in [5.41, 5.74) is 6.84. The third-order valence-corrected chi connectivity index (χ3v) is 3.20. The van der Waals surface area contributed by atoms with Gasteiger partial charge < -0.3 is 20.1 Å². The predicted octanol–water partition coefficient (Wildman–Crippen LogP) is 1.53. The van der Waals surface area contributed by atoms with Crippen molar-refractivity contribution in [3.05, 3.63) is 23.8 Å². The summed E-state index contributed by atoms with van der Waals surface area (Å²) in [5.74, 6) is 0.483. The maximum absolute atomic E-state index is 12.5. The van der Waals surface area contributed by atoms with E-state index in [1.165, 1.54) is 0 Å². The second-order valence-electron chi connectivity index (χ2n) is 4.75. The minimum Gasteiger partial charge on any atom is -0.496 e. The monoisotopic (exact) mass is 264 g/mol. The molecule has 1 atom stereocenters. The quantitative estimate of drug-likeness (QED) is 0.823. The zero-order chi connectivity index (χ0) is 13.8. The number of nitrogen functional groups attached to an aromatic ring is 1. The summed E-state index contributed by atoms with van der Waals surface area (Å²) in [4.78, 5) is 14.3. The molecule has 0 aliphatic carbocycles. The fourth-order valence-electron chi connectivity index (χ4n) is 2.23. The summed E-state index contributed by atoms with van der Waals surface area (Å²) in [6.07, 6.45) is 0.916. The largest absolute Gasteiger partial charge is 0.496 e. The van der Waals surface area contributed by atoms with E-state index in [9.17, 15) is 4.79 Å². The number of benzene rings is 1. The Morgan fingerprint density at radius 1 is 1.53 bits per heavy atom. The first-order valence-electron chi connectivity index (χ1n) is 6.46.